The number of hydrogen-bond donors (Lipinski definition) is 1. The summed E-state index contributed by atoms with van der Waals surface area (Å²) >= 11 is 0. The van der Waals surface area contributed by atoms with Gasteiger partial charge in [-0.15, -0.1) is 0 Å². The molecule has 3 heterocycles. The number of nitrogens with zero attached hydrogens (tertiary/aromatic N) is 2. The minimum absolute atomic E-state index is 0.122. The summed E-state index contributed by atoms with van der Waals surface area (Å²) in [6.45, 7) is 4.31. The van der Waals surface area contributed by atoms with Gasteiger partial charge in [-0.1, -0.05) is 38.1 Å². The molecule has 1 saturated heterocycles. The van der Waals surface area contributed by atoms with E-state index in [0.29, 0.717) is 25.3 Å². The number of halogens is 2. The van der Waals surface area contributed by atoms with Gasteiger partial charge in [0.25, 0.3) is 0 Å². The van der Waals surface area contributed by atoms with Gasteiger partial charge in [0.05, 0.1) is 18.2 Å². The zero-order valence-electron chi connectivity index (χ0n) is 18.8. The molecule has 1 aliphatic heterocycles. The van der Waals surface area contributed by atoms with Gasteiger partial charge >= 0.3 is 6.61 Å². The second-order valence-electron chi connectivity index (χ2n) is 8.69. The number of aromatic nitrogens is 1. The number of carbonyl (C=O) groups is 1. The Morgan fingerprint density at radius 1 is 1.18 bits per heavy atom. The molecule has 33 heavy (non-hydrogen) atoms. The van der Waals surface area contributed by atoms with Crippen molar-refractivity contribution < 1.29 is 22.7 Å². The minimum atomic E-state index is -3.04. The highest BCUT2D eigenvalue weighted by atomic mass is 19.3. The van der Waals surface area contributed by atoms with Crippen LogP contribution in [0.2, 0.25) is 0 Å². The highest BCUT2D eigenvalue weighted by Gasteiger charge is 2.51. The number of likely N-dealkylation sites (tertiary alicyclic amines) is 1. The lowest BCUT2D eigenvalue weighted by molar-refractivity contribution is -0.128. The maximum absolute atomic E-state index is 13.7. The molecule has 0 aliphatic carbocycles. The molecule has 3 aromatic rings. The highest BCUT2D eigenvalue weighted by molar-refractivity contribution is 6.01. The molecule has 0 saturated carbocycles. The molecule has 0 spiro atoms. The summed E-state index contributed by atoms with van der Waals surface area (Å²) in [5.41, 5.74) is 1.80. The van der Waals surface area contributed by atoms with Crippen molar-refractivity contribution in [3.8, 4) is 5.88 Å². The van der Waals surface area contributed by atoms with E-state index in [-0.39, 0.29) is 23.4 Å². The lowest BCUT2D eigenvalue weighted by Gasteiger charge is -2.49. The zero-order chi connectivity index (χ0) is 23.6. The van der Waals surface area contributed by atoms with Crippen LogP contribution in [0.4, 0.5) is 14.5 Å². The number of carbonyl (C=O) groups excluding carboxylic acids is 1. The van der Waals surface area contributed by atoms with Gasteiger partial charge in [0.15, 0.2) is 0 Å². The fraction of sp³-hybridized carbons (Fsp3) is 0.360. The fourth-order valence-electron chi connectivity index (χ4n) is 4.37. The molecular formula is C25H27F2N3O3. The first-order valence-electron chi connectivity index (χ1n) is 10.9. The Balaban J connectivity index is 1.66. The number of pyridine rings is 1. The molecule has 1 fully saturated rings. The number of rotatable bonds is 8. The van der Waals surface area contributed by atoms with Gasteiger partial charge in [0.1, 0.15) is 11.4 Å². The molecule has 1 aromatic carbocycles. The standard InChI is InChI=1S/C25H27F2N3O3/c1-16(2)19-8-4-5-9-20(19)25(14-30(15-25)13-18-7-6-12-32-18)23(31)29-21-11-10-17(3)28-22(21)33-24(26)27/h4-12,16,24H,13-15H2,1-3H3,(H,29,31). The number of nitrogens with one attached hydrogen (secondary N) is 1. The summed E-state index contributed by atoms with van der Waals surface area (Å²) in [7, 11) is 0. The van der Waals surface area contributed by atoms with Crippen molar-refractivity contribution >= 4 is 11.6 Å². The molecule has 0 atom stereocenters. The van der Waals surface area contributed by atoms with Gasteiger partial charge in [-0.2, -0.15) is 8.78 Å². The number of furan rings is 1. The average Bonchev–Trinajstić information content (AvgIpc) is 3.25. The number of benzene rings is 1. The maximum atomic E-state index is 13.7. The van der Waals surface area contributed by atoms with E-state index < -0.39 is 12.0 Å². The molecule has 4 rings (SSSR count). The predicted octanol–water partition coefficient (Wildman–Crippen LogP) is 5.10. The summed E-state index contributed by atoms with van der Waals surface area (Å²) < 4.78 is 35.9. The summed E-state index contributed by atoms with van der Waals surface area (Å²) in [6, 6.07) is 14.8. The Morgan fingerprint density at radius 2 is 1.94 bits per heavy atom. The molecule has 1 N–H and O–H groups in total. The van der Waals surface area contributed by atoms with Crippen LogP contribution in [-0.4, -0.2) is 35.5 Å². The topological polar surface area (TPSA) is 67.6 Å². The van der Waals surface area contributed by atoms with Gasteiger partial charge in [0, 0.05) is 18.8 Å². The number of ether oxygens (including phenoxy) is 1. The first-order valence-corrected chi connectivity index (χ1v) is 10.9. The van der Waals surface area contributed by atoms with Crippen LogP contribution < -0.4 is 10.1 Å². The van der Waals surface area contributed by atoms with Crippen LogP contribution in [0.15, 0.2) is 59.2 Å². The second-order valence-corrected chi connectivity index (χ2v) is 8.69. The quantitative estimate of drug-likeness (QED) is 0.512. The molecule has 0 unspecified atom stereocenters. The number of aryl methyl sites for hydroxylation is 1. The van der Waals surface area contributed by atoms with Crippen molar-refractivity contribution in [2.75, 3.05) is 18.4 Å². The molecule has 1 aliphatic rings. The number of alkyl halides is 2. The lowest BCUT2D eigenvalue weighted by Crippen LogP contribution is -2.64. The molecule has 2 aromatic heterocycles. The number of hydrogen-bond acceptors (Lipinski definition) is 5. The van der Waals surface area contributed by atoms with Crippen molar-refractivity contribution in [2.24, 2.45) is 0 Å². The third-order valence-electron chi connectivity index (χ3n) is 5.93. The molecule has 6 nitrogen and oxygen atoms in total. The van der Waals surface area contributed by atoms with Gasteiger partial charge in [-0.05, 0) is 48.2 Å². The van der Waals surface area contributed by atoms with E-state index in [2.05, 4.69) is 33.8 Å². The van der Waals surface area contributed by atoms with Crippen molar-refractivity contribution in [2.45, 2.75) is 45.3 Å². The van der Waals surface area contributed by atoms with Crippen molar-refractivity contribution in [1.82, 2.24) is 9.88 Å². The van der Waals surface area contributed by atoms with E-state index in [1.807, 2.05) is 36.4 Å². The maximum Gasteiger partial charge on any atom is 0.388 e. The molecule has 0 radical (unpaired) electrons. The van der Waals surface area contributed by atoms with Crippen LogP contribution in [0.25, 0.3) is 0 Å². The van der Waals surface area contributed by atoms with Gasteiger partial charge in [-0.3, -0.25) is 9.69 Å². The van der Waals surface area contributed by atoms with Crippen LogP contribution in [-0.2, 0) is 16.8 Å². The SMILES string of the molecule is Cc1ccc(NC(=O)C2(c3ccccc3C(C)C)CN(Cc3ccco3)C2)c(OC(F)F)n1. The van der Waals surface area contributed by atoms with Gasteiger partial charge in [0.2, 0.25) is 11.8 Å². The minimum Gasteiger partial charge on any atom is -0.468 e. The van der Waals surface area contributed by atoms with Crippen molar-refractivity contribution in [3.05, 3.63) is 77.4 Å². The van der Waals surface area contributed by atoms with E-state index in [4.69, 9.17) is 4.42 Å². The van der Waals surface area contributed by atoms with E-state index in [1.54, 1.807) is 25.3 Å². The predicted molar refractivity (Wildman–Crippen MR) is 120 cm³/mol. The van der Waals surface area contributed by atoms with E-state index in [0.717, 1.165) is 16.9 Å². The fourth-order valence-corrected chi connectivity index (χ4v) is 4.37. The Bertz CT molecular complexity index is 1110. The Morgan fingerprint density at radius 3 is 2.61 bits per heavy atom. The average molecular weight is 456 g/mol. The third-order valence-corrected chi connectivity index (χ3v) is 5.93. The molecule has 174 valence electrons. The first-order chi connectivity index (χ1) is 15.8. The molecule has 0 bridgehead atoms. The van der Waals surface area contributed by atoms with Crippen molar-refractivity contribution in [3.63, 3.8) is 0 Å². The summed E-state index contributed by atoms with van der Waals surface area (Å²) in [4.78, 5) is 19.9. The molecule has 1 amide bonds. The Kier molecular flexibility index (Phi) is 6.47. The normalized spacial score (nSPS) is 15.5. The third kappa shape index (κ3) is 4.75. The van der Waals surface area contributed by atoms with E-state index in [1.165, 1.54) is 0 Å². The monoisotopic (exact) mass is 455 g/mol. The Labute approximate surface area is 191 Å². The first kappa shape index (κ1) is 22.9. The number of amides is 1. The highest BCUT2D eigenvalue weighted by Crippen LogP contribution is 2.41. The smallest absolute Gasteiger partial charge is 0.388 e. The zero-order valence-corrected chi connectivity index (χ0v) is 18.8. The van der Waals surface area contributed by atoms with Crippen LogP contribution in [0.5, 0.6) is 5.88 Å². The van der Waals surface area contributed by atoms with Crippen LogP contribution in [0.1, 0.15) is 42.3 Å². The summed E-state index contributed by atoms with van der Waals surface area (Å²) in [5, 5.41) is 2.82. The van der Waals surface area contributed by atoms with Gasteiger partial charge in [-0.25, -0.2) is 4.98 Å². The lowest BCUT2D eigenvalue weighted by atomic mass is 9.69. The van der Waals surface area contributed by atoms with Crippen LogP contribution in [0.3, 0.4) is 0 Å². The van der Waals surface area contributed by atoms with Crippen molar-refractivity contribution in [1.29, 1.82) is 0 Å². The second kappa shape index (κ2) is 9.31. The van der Waals surface area contributed by atoms with Crippen LogP contribution >= 0.6 is 0 Å². The van der Waals surface area contributed by atoms with E-state index in [9.17, 15) is 13.6 Å². The molecule has 8 heteroatoms. The Hall–Kier alpha value is -3.26. The summed E-state index contributed by atoms with van der Waals surface area (Å²) in [5.74, 6) is 0.453. The van der Waals surface area contributed by atoms with E-state index >= 15 is 0 Å². The summed E-state index contributed by atoms with van der Waals surface area (Å²) in [6.07, 6.45) is 1.62. The van der Waals surface area contributed by atoms with Gasteiger partial charge < -0.3 is 14.5 Å². The number of anilines is 1. The largest absolute Gasteiger partial charge is 0.468 e. The molecular weight excluding hydrogens is 428 g/mol. The van der Waals surface area contributed by atoms with Crippen LogP contribution in [0, 0.1) is 6.92 Å².